The third kappa shape index (κ3) is 3.80. The van der Waals surface area contributed by atoms with E-state index in [2.05, 4.69) is 41.7 Å². The van der Waals surface area contributed by atoms with Gasteiger partial charge in [-0.1, -0.05) is 36.4 Å². The smallest absolute Gasteiger partial charge is 0.407 e. The molecule has 5 rings (SSSR count). The van der Waals surface area contributed by atoms with E-state index >= 15 is 0 Å². The van der Waals surface area contributed by atoms with E-state index in [-0.39, 0.29) is 11.6 Å². The Morgan fingerprint density at radius 2 is 2.07 bits per heavy atom. The molecule has 1 spiro atoms. The highest BCUT2D eigenvalue weighted by Gasteiger charge is 2.46. The van der Waals surface area contributed by atoms with E-state index < -0.39 is 0 Å². The summed E-state index contributed by atoms with van der Waals surface area (Å²) < 4.78 is 10.7. The Morgan fingerprint density at radius 1 is 1.17 bits per heavy atom. The van der Waals surface area contributed by atoms with Crippen molar-refractivity contribution in [2.24, 2.45) is 5.92 Å². The third-order valence-electron chi connectivity index (χ3n) is 7.50. The van der Waals surface area contributed by atoms with Crippen molar-refractivity contribution in [3.8, 4) is 5.75 Å². The number of hydrogen-bond acceptors (Lipinski definition) is 3. The van der Waals surface area contributed by atoms with Crippen LogP contribution in [0.15, 0.2) is 42.5 Å². The molecule has 1 saturated heterocycles. The van der Waals surface area contributed by atoms with Crippen LogP contribution in [0.3, 0.4) is 0 Å². The van der Waals surface area contributed by atoms with Gasteiger partial charge in [0.1, 0.15) is 12.4 Å². The number of fused-ring (bicyclic) bond motifs is 1. The summed E-state index contributed by atoms with van der Waals surface area (Å²) in [7, 11) is 1.76. The standard InChI is InChI=1S/C26H31NO3/c1-29-24-5-3-2-4-19(24)8-6-18-7-9-21-15-22(11-10-20(21)14-18)23-12-13-26(16-23)17-30-25(28)27-26/h2-5,10-11,15,18,23H,6-9,12-14,16-17H2,1H3,(H,27,28)/t18-,23?,26?/m1/s1. The molecular weight excluding hydrogens is 374 g/mol. The first-order valence-electron chi connectivity index (χ1n) is 11.3. The lowest BCUT2D eigenvalue weighted by atomic mass is 9.79. The van der Waals surface area contributed by atoms with Gasteiger partial charge in [-0.25, -0.2) is 4.79 Å². The number of carbonyl (C=O) groups is 1. The monoisotopic (exact) mass is 405 g/mol. The zero-order valence-electron chi connectivity index (χ0n) is 17.8. The van der Waals surface area contributed by atoms with Crippen LogP contribution >= 0.6 is 0 Å². The second-order valence-corrected chi connectivity index (χ2v) is 9.41. The van der Waals surface area contributed by atoms with Gasteiger partial charge in [-0.3, -0.25) is 0 Å². The first kappa shape index (κ1) is 19.5. The SMILES string of the molecule is COc1ccccc1CC[C@@H]1CCc2cc(C3CCC4(COC(=O)N4)C3)ccc2C1. The summed E-state index contributed by atoms with van der Waals surface area (Å²) in [6.07, 6.45) is 8.83. The summed E-state index contributed by atoms with van der Waals surface area (Å²) in [6, 6.07) is 15.5. The predicted octanol–water partition coefficient (Wildman–Crippen LogP) is 5.18. The number of cyclic esters (lactones) is 1. The molecule has 1 amide bonds. The molecule has 3 atom stereocenters. The van der Waals surface area contributed by atoms with Crippen LogP contribution in [0.1, 0.15) is 60.3 Å². The highest BCUT2D eigenvalue weighted by atomic mass is 16.6. The lowest BCUT2D eigenvalue weighted by Crippen LogP contribution is -2.40. The second kappa shape index (κ2) is 7.98. The number of para-hydroxylation sites is 1. The number of rotatable bonds is 5. The fraction of sp³-hybridized carbons (Fsp3) is 0.500. The van der Waals surface area contributed by atoms with Gasteiger partial charge in [0.25, 0.3) is 0 Å². The minimum absolute atomic E-state index is 0.124. The molecule has 2 aromatic carbocycles. The van der Waals surface area contributed by atoms with Crippen molar-refractivity contribution in [2.75, 3.05) is 13.7 Å². The van der Waals surface area contributed by atoms with Gasteiger partial charge in [0, 0.05) is 0 Å². The van der Waals surface area contributed by atoms with E-state index in [0.717, 1.165) is 37.4 Å². The lowest BCUT2D eigenvalue weighted by Gasteiger charge is -2.26. The summed E-state index contributed by atoms with van der Waals surface area (Å²) in [5.41, 5.74) is 5.70. The average molecular weight is 406 g/mol. The third-order valence-corrected chi connectivity index (χ3v) is 7.50. The lowest BCUT2D eigenvalue weighted by molar-refractivity contribution is 0.172. The van der Waals surface area contributed by atoms with Crippen molar-refractivity contribution in [2.45, 2.75) is 62.8 Å². The van der Waals surface area contributed by atoms with Crippen LogP contribution in [0.25, 0.3) is 0 Å². The van der Waals surface area contributed by atoms with Crippen LogP contribution in [-0.4, -0.2) is 25.3 Å². The molecule has 0 radical (unpaired) electrons. The number of nitrogens with one attached hydrogen (secondary N) is 1. The van der Waals surface area contributed by atoms with Crippen LogP contribution in [0.2, 0.25) is 0 Å². The highest BCUT2D eigenvalue weighted by molar-refractivity contribution is 5.70. The van der Waals surface area contributed by atoms with Crippen molar-refractivity contribution in [1.82, 2.24) is 5.32 Å². The second-order valence-electron chi connectivity index (χ2n) is 9.41. The van der Waals surface area contributed by atoms with Gasteiger partial charge in [0.15, 0.2) is 0 Å². The van der Waals surface area contributed by atoms with Gasteiger partial charge in [0.2, 0.25) is 0 Å². The van der Waals surface area contributed by atoms with Crippen molar-refractivity contribution in [3.63, 3.8) is 0 Å². The zero-order valence-corrected chi connectivity index (χ0v) is 17.8. The molecule has 1 heterocycles. The molecule has 30 heavy (non-hydrogen) atoms. The summed E-state index contributed by atoms with van der Waals surface area (Å²) in [5, 5.41) is 3.06. The summed E-state index contributed by atoms with van der Waals surface area (Å²) in [4.78, 5) is 11.5. The Hall–Kier alpha value is -2.49. The number of ether oxygens (including phenoxy) is 2. The normalized spacial score (nSPS) is 27.6. The predicted molar refractivity (Wildman–Crippen MR) is 117 cm³/mol. The van der Waals surface area contributed by atoms with E-state index in [1.54, 1.807) is 7.11 Å². The molecule has 0 aromatic heterocycles. The molecule has 2 aromatic rings. The molecule has 1 N–H and O–H groups in total. The molecule has 1 saturated carbocycles. The Kier molecular flexibility index (Phi) is 5.18. The maximum absolute atomic E-state index is 11.5. The molecule has 2 aliphatic carbocycles. The van der Waals surface area contributed by atoms with Gasteiger partial charge in [-0.15, -0.1) is 0 Å². The first-order valence-corrected chi connectivity index (χ1v) is 11.3. The fourth-order valence-corrected chi connectivity index (χ4v) is 5.77. The Balaban J connectivity index is 1.22. The highest BCUT2D eigenvalue weighted by Crippen LogP contribution is 2.43. The Bertz CT molecular complexity index is 940. The van der Waals surface area contributed by atoms with Gasteiger partial charge in [0.05, 0.1) is 12.6 Å². The number of benzene rings is 2. The number of hydrogen-bond donors (Lipinski definition) is 1. The van der Waals surface area contributed by atoms with Crippen molar-refractivity contribution >= 4 is 6.09 Å². The summed E-state index contributed by atoms with van der Waals surface area (Å²) in [5.74, 6) is 2.28. The Labute approximate surface area is 179 Å². The van der Waals surface area contributed by atoms with Crippen LogP contribution < -0.4 is 10.1 Å². The van der Waals surface area contributed by atoms with E-state index in [4.69, 9.17) is 9.47 Å². The van der Waals surface area contributed by atoms with Crippen molar-refractivity contribution in [1.29, 1.82) is 0 Å². The minimum atomic E-state index is -0.250. The number of alkyl carbamates (subject to hydrolysis) is 1. The van der Waals surface area contributed by atoms with Crippen molar-refractivity contribution in [3.05, 3.63) is 64.7 Å². The van der Waals surface area contributed by atoms with Crippen LogP contribution in [0, 0.1) is 5.92 Å². The maximum Gasteiger partial charge on any atom is 0.407 e. The van der Waals surface area contributed by atoms with Gasteiger partial charge < -0.3 is 14.8 Å². The minimum Gasteiger partial charge on any atom is -0.496 e. The van der Waals surface area contributed by atoms with E-state index in [1.165, 1.54) is 47.9 Å². The van der Waals surface area contributed by atoms with Gasteiger partial charge >= 0.3 is 6.09 Å². The molecule has 3 aliphatic rings. The summed E-state index contributed by atoms with van der Waals surface area (Å²) in [6.45, 7) is 0.529. The van der Waals surface area contributed by atoms with Crippen molar-refractivity contribution < 1.29 is 14.3 Å². The van der Waals surface area contributed by atoms with Crippen LogP contribution in [0.4, 0.5) is 4.79 Å². The van der Waals surface area contributed by atoms with Crippen LogP contribution in [-0.2, 0) is 24.0 Å². The molecule has 158 valence electrons. The number of amides is 1. The van der Waals surface area contributed by atoms with E-state index in [0.29, 0.717) is 12.5 Å². The molecule has 4 nitrogen and oxygen atoms in total. The van der Waals surface area contributed by atoms with E-state index in [1.807, 2.05) is 6.07 Å². The quantitative estimate of drug-likeness (QED) is 0.746. The topological polar surface area (TPSA) is 47.6 Å². The molecule has 2 unspecified atom stereocenters. The fourth-order valence-electron chi connectivity index (χ4n) is 5.77. The van der Waals surface area contributed by atoms with Gasteiger partial charge in [-0.05, 0) is 91.5 Å². The first-order chi connectivity index (χ1) is 14.6. The van der Waals surface area contributed by atoms with E-state index in [9.17, 15) is 4.79 Å². The van der Waals surface area contributed by atoms with Crippen LogP contribution in [0.5, 0.6) is 5.75 Å². The molecule has 4 heteroatoms. The molecule has 0 bridgehead atoms. The largest absolute Gasteiger partial charge is 0.496 e. The molecular formula is C26H31NO3. The maximum atomic E-state index is 11.5. The zero-order chi connectivity index (χ0) is 20.6. The average Bonchev–Trinajstić information content (AvgIpc) is 3.37. The Morgan fingerprint density at radius 3 is 2.90 bits per heavy atom. The van der Waals surface area contributed by atoms with Gasteiger partial charge in [-0.2, -0.15) is 0 Å². The number of carbonyl (C=O) groups excluding carboxylic acids is 1. The molecule has 1 aliphatic heterocycles. The molecule has 2 fully saturated rings. The summed E-state index contributed by atoms with van der Waals surface area (Å²) >= 11 is 0. The number of methoxy groups -OCH3 is 1. The number of aryl methyl sites for hydroxylation is 2.